The molecule has 0 atom stereocenters. The topological polar surface area (TPSA) is 60.8 Å². The van der Waals surface area contributed by atoms with E-state index in [4.69, 9.17) is 27.9 Å². The van der Waals surface area contributed by atoms with Crippen LogP contribution in [0, 0.1) is 6.92 Å². The van der Waals surface area contributed by atoms with Crippen molar-refractivity contribution in [2.45, 2.75) is 20.3 Å². The van der Waals surface area contributed by atoms with E-state index in [1.165, 1.54) is 0 Å². The third-order valence-corrected chi connectivity index (χ3v) is 2.60. The first-order valence-electron chi connectivity index (χ1n) is 5.30. The third kappa shape index (κ3) is 2.86. The van der Waals surface area contributed by atoms with Gasteiger partial charge in [0.15, 0.2) is 5.75 Å². The van der Waals surface area contributed by atoms with Crippen molar-refractivity contribution in [2.24, 2.45) is 0 Å². The predicted octanol–water partition coefficient (Wildman–Crippen LogP) is 3.24. The zero-order valence-electron chi connectivity index (χ0n) is 9.81. The Balaban J connectivity index is 2.36. The molecule has 0 unspecified atom stereocenters. The van der Waals surface area contributed by atoms with Crippen molar-refractivity contribution < 1.29 is 4.74 Å². The Bertz CT molecular complexity index is 577. The van der Waals surface area contributed by atoms with E-state index in [9.17, 15) is 0 Å². The number of rotatable bonds is 3. The molecule has 0 saturated heterocycles. The first kappa shape index (κ1) is 13.0. The molecule has 0 fully saturated rings. The van der Waals surface area contributed by atoms with Crippen LogP contribution in [0.2, 0.25) is 10.4 Å². The molecule has 2 aromatic heterocycles. The molecule has 0 aliphatic carbocycles. The average Bonchev–Trinajstić information content (AvgIpc) is 2.36. The molecule has 2 heterocycles. The second-order valence-electron chi connectivity index (χ2n) is 3.53. The lowest BCUT2D eigenvalue weighted by atomic mass is 10.2. The zero-order valence-corrected chi connectivity index (χ0v) is 11.3. The molecule has 2 rings (SSSR count). The monoisotopic (exact) mass is 284 g/mol. The van der Waals surface area contributed by atoms with Crippen LogP contribution in [0.3, 0.4) is 0 Å². The van der Waals surface area contributed by atoms with E-state index in [1.54, 1.807) is 0 Å². The number of nitrogens with zero attached hydrogens (tertiary/aromatic N) is 4. The standard InChI is InChI=1S/C11H10Cl2N4O/c1-3-7-8(5-4-6(2)14-7)18-10-9(12)16-17-11(13)15-10/h4-5H,3H2,1-2H3. The molecule has 0 bridgehead atoms. The minimum absolute atomic E-state index is 0.0208. The van der Waals surface area contributed by atoms with Crippen LogP contribution < -0.4 is 4.74 Å². The summed E-state index contributed by atoms with van der Waals surface area (Å²) in [7, 11) is 0. The van der Waals surface area contributed by atoms with Crippen molar-refractivity contribution in [2.75, 3.05) is 0 Å². The van der Waals surface area contributed by atoms with Gasteiger partial charge in [-0.25, -0.2) is 0 Å². The second-order valence-corrected chi connectivity index (χ2v) is 4.23. The van der Waals surface area contributed by atoms with Gasteiger partial charge in [0.05, 0.1) is 5.69 Å². The van der Waals surface area contributed by atoms with Crippen molar-refractivity contribution in [3.63, 3.8) is 0 Å². The van der Waals surface area contributed by atoms with E-state index < -0.39 is 0 Å². The Morgan fingerprint density at radius 3 is 2.67 bits per heavy atom. The summed E-state index contributed by atoms with van der Waals surface area (Å²) in [5, 5.41) is 7.17. The molecular formula is C11H10Cl2N4O. The highest BCUT2D eigenvalue weighted by Crippen LogP contribution is 2.28. The lowest BCUT2D eigenvalue weighted by Gasteiger charge is -2.09. The van der Waals surface area contributed by atoms with E-state index in [1.807, 2.05) is 26.0 Å². The van der Waals surface area contributed by atoms with Gasteiger partial charge < -0.3 is 4.74 Å². The van der Waals surface area contributed by atoms with Crippen molar-refractivity contribution in [3.8, 4) is 11.6 Å². The van der Waals surface area contributed by atoms with Gasteiger partial charge >= 0.3 is 0 Å². The van der Waals surface area contributed by atoms with Crippen molar-refractivity contribution in [1.29, 1.82) is 0 Å². The molecule has 0 aromatic carbocycles. The molecule has 94 valence electrons. The normalized spacial score (nSPS) is 10.4. The van der Waals surface area contributed by atoms with Gasteiger partial charge in [0.25, 0.3) is 5.88 Å². The summed E-state index contributed by atoms with van der Waals surface area (Å²) in [5.74, 6) is 0.707. The lowest BCUT2D eigenvalue weighted by Crippen LogP contribution is -1.99. The minimum atomic E-state index is -0.0208. The van der Waals surface area contributed by atoms with Crippen LogP contribution >= 0.6 is 23.2 Å². The Hall–Kier alpha value is -1.46. The number of aryl methyl sites for hydroxylation is 2. The van der Waals surface area contributed by atoms with Gasteiger partial charge in [0, 0.05) is 5.69 Å². The van der Waals surface area contributed by atoms with Crippen LogP contribution in [0.1, 0.15) is 18.3 Å². The lowest BCUT2D eigenvalue weighted by molar-refractivity contribution is 0.449. The smallest absolute Gasteiger partial charge is 0.262 e. The molecule has 0 spiro atoms. The van der Waals surface area contributed by atoms with E-state index in [0.29, 0.717) is 5.75 Å². The van der Waals surface area contributed by atoms with Crippen molar-refractivity contribution >= 4 is 23.2 Å². The van der Waals surface area contributed by atoms with Crippen LogP contribution in [-0.2, 0) is 6.42 Å². The molecular weight excluding hydrogens is 275 g/mol. The number of hydrogen-bond donors (Lipinski definition) is 0. The van der Waals surface area contributed by atoms with Gasteiger partial charge in [-0.05, 0) is 37.1 Å². The van der Waals surface area contributed by atoms with Gasteiger partial charge in [-0.3, -0.25) is 4.98 Å². The first-order chi connectivity index (χ1) is 8.60. The maximum Gasteiger partial charge on any atom is 0.262 e. The Morgan fingerprint density at radius 2 is 1.94 bits per heavy atom. The van der Waals surface area contributed by atoms with E-state index in [0.717, 1.165) is 17.8 Å². The van der Waals surface area contributed by atoms with Gasteiger partial charge in [0.2, 0.25) is 10.4 Å². The number of pyridine rings is 1. The van der Waals surface area contributed by atoms with E-state index >= 15 is 0 Å². The van der Waals surface area contributed by atoms with Crippen LogP contribution in [-0.4, -0.2) is 20.2 Å². The maximum absolute atomic E-state index is 5.83. The SMILES string of the molecule is CCc1nc(C)ccc1Oc1nc(Cl)nnc1Cl. The summed E-state index contributed by atoms with van der Waals surface area (Å²) in [6.07, 6.45) is 0.737. The Morgan fingerprint density at radius 1 is 1.17 bits per heavy atom. The highest BCUT2D eigenvalue weighted by atomic mass is 35.5. The fourth-order valence-electron chi connectivity index (χ4n) is 1.39. The van der Waals surface area contributed by atoms with Gasteiger partial charge in [0.1, 0.15) is 0 Å². The summed E-state index contributed by atoms with van der Waals surface area (Å²) in [6.45, 7) is 3.90. The van der Waals surface area contributed by atoms with E-state index in [-0.39, 0.29) is 16.3 Å². The molecule has 0 aliphatic heterocycles. The maximum atomic E-state index is 5.83. The largest absolute Gasteiger partial charge is 0.434 e. The molecule has 0 N–H and O–H groups in total. The highest BCUT2D eigenvalue weighted by molar-refractivity contribution is 6.31. The summed E-state index contributed by atoms with van der Waals surface area (Å²) in [5.41, 5.74) is 1.74. The molecule has 0 amide bonds. The molecule has 5 nitrogen and oxygen atoms in total. The molecule has 0 aliphatic rings. The minimum Gasteiger partial charge on any atom is -0.434 e. The second kappa shape index (κ2) is 5.46. The molecule has 0 radical (unpaired) electrons. The quantitative estimate of drug-likeness (QED) is 0.866. The number of hydrogen-bond acceptors (Lipinski definition) is 5. The van der Waals surface area contributed by atoms with Crippen LogP contribution in [0.15, 0.2) is 12.1 Å². The zero-order chi connectivity index (χ0) is 13.1. The number of aromatic nitrogens is 4. The van der Waals surface area contributed by atoms with E-state index in [2.05, 4.69) is 20.2 Å². The van der Waals surface area contributed by atoms with Gasteiger partial charge in [-0.2, -0.15) is 4.98 Å². The Kier molecular flexibility index (Phi) is 3.93. The number of ether oxygens (including phenoxy) is 1. The summed E-state index contributed by atoms with van der Waals surface area (Å²) >= 11 is 11.5. The summed E-state index contributed by atoms with van der Waals surface area (Å²) < 4.78 is 5.57. The fraction of sp³-hybridized carbons (Fsp3) is 0.273. The van der Waals surface area contributed by atoms with Crippen molar-refractivity contribution in [3.05, 3.63) is 34.0 Å². The van der Waals surface area contributed by atoms with Crippen LogP contribution in [0.25, 0.3) is 0 Å². The Labute approximate surface area is 114 Å². The molecule has 18 heavy (non-hydrogen) atoms. The summed E-state index contributed by atoms with van der Waals surface area (Å²) in [4.78, 5) is 8.25. The fourth-order valence-corrected chi connectivity index (χ4v) is 1.63. The third-order valence-electron chi connectivity index (χ3n) is 2.20. The average molecular weight is 285 g/mol. The van der Waals surface area contributed by atoms with Gasteiger partial charge in [-0.1, -0.05) is 18.5 Å². The van der Waals surface area contributed by atoms with Crippen LogP contribution in [0.4, 0.5) is 0 Å². The number of halogens is 2. The summed E-state index contributed by atoms with van der Waals surface area (Å²) in [6, 6.07) is 3.66. The molecule has 2 aromatic rings. The van der Waals surface area contributed by atoms with Gasteiger partial charge in [-0.15, -0.1) is 10.2 Å². The molecule has 0 saturated carbocycles. The first-order valence-corrected chi connectivity index (χ1v) is 6.06. The predicted molar refractivity (Wildman–Crippen MR) is 68.3 cm³/mol. The molecule has 7 heteroatoms. The van der Waals surface area contributed by atoms with Crippen LogP contribution in [0.5, 0.6) is 11.6 Å². The highest BCUT2D eigenvalue weighted by Gasteiger charge is 2.11. The van der Waals surface area contributed by atoms with Crippen molar-refractivity contribution in [1.82, 2.24) is 20.2 Å².